The highest BCUT2D eigenvalue weighted by molar-refractivity contribution is 5.85. The first kappa shape index (κ1) is 33.9. The number of aromatic nitrogens is 5. The Morgan fingerprint density at radius 2 is 1.93 bits per heavy atom. The van der Waals surface area contributed by atoms with E-state index in [-0.39, 0.29) is 66.7 Å². The molecule has 2 fully saturated rings. The highest BCUT2D eigenvalue weighted by Gasteiger charge is 2.54. The van der Waals surface area contributed by atoms with Crippen LogP contribution < -0.4 is 10.1 Å². The van der Waals surface area contributed by atoms with Crippen LogP contribution in [0.15, 0.2) is 36.5 Å². The third-order valence-corrected chi connectivity index (χ3v) is 7.67. The molecule has 1 aliphatic heterocycles. The molecule has 1 saturated heterocycles. The van der Waals surface area contributed by atoms with E-state index in [4.69, 9.17) is 9.47 Å². The van der Waals surface area contributed by atoms with Crippen LogP contribution in [0.1, 0.15) is 61.9 Å². The van der Waals surface area contributed by atoms with Gasteiger partial charge in [-0.1, -0.05) is 12.1 Å². The Morgan fingerprint density at radius 3 is 2.60 bits per heavy atom. The number of nitrogens with zero attached hydrogens (tertiary/aromatic N) is 5. The van der Waals surface area contributed by atoms with Gasteiger partial charge in [-0.2, -0.15) is 17.9 Å². The number of hydrogen-bond donors (Lipinski definition) is 1. The second kappa shape index (κ2) is 13.8. The van der Waals surface area contributed by atoms with Gasteiger partial charge >= 0.3 is 6.18 Å². The maximum Gasteiger partial charge on any atom is 0.453 e. The van der Waals surface area contributed by atoms with Gasteiger partial charge in [0.1, 0.15) is 12.5 Å². The molecule has 1 aromatic carbocycles. The molecule has 2 aromatic heterocycles. The summed E-state index contributed by atoms with van der Waals surface area (Å²) in [4.78, 5) is 4.36. The van der Waals surface area contributed by atoms with Gasteiger partial charge in [-0.05, 0) is 79.8 Å². The van der Waals surface area contributed by atoms with Gasteiger partial charge in [0.15, 0.2) is 0 Å². The Hall–Kier alpha value is -2.61. The van der Waals surface area contributed by atoms with Gasteiger partial charge in [0.2, 0.25) is 5.88 Å². The lowest BCUT2D eigenvalue weighted by Crippen LogP contribution is -2.36. The fraction of sp³-hybridized carbons (Fsp3) is 0.556. The zero-order chi connectivity index (χ0) is 28.5. The van der Waals surface area contributed by atoms with Crippen molar-refractivity contribution < 1.29 is 31.4 Å². The Bertz CT molecular complexity index is 1310. The average molecular weight is 639 g/mol. The number of tetrazole rings is 1. The van der Waals surface area contributed by atoms with Gasteiger partial charge in [0, 0.05) is 23.9 Å². The second-order valence-electron chi connectivity index (χ2n) is 10.7. The maximum absolute atomic E-state index is 13.8. The van der Waals surface area contributed by atoms with E-state index in [0.29, 0.717) is 35.7 Å². The van der Waals surface area contributed by atoms with Gasteiger partial charge in [0.25, 0.3) is 5.82 Å². The van der Waals surface area contributed by atoms with Crippen molar-refractivity contribution in [1.82, 2.24) is 30.5 Å². The van der Waals surface area contributed by atoms with Crippen LogP contribution in [0.2, 0.25) is 0 Å². The number of nitrogens with one attached hydrogen (secondary N) is 1. The molecule has 1 N–H and O–H groups in total. The number of ether oxygens (including phenoxy) is 2. The van der Waals surface area contributed by atoms with Gasteiger partial charge < -0.3 is 14.8 Å². The van der Waals surface area contributed by atoms with E-state index < -0.39 is 24.3 Å². The molecular weight excluding hydrogens is 606 g/mol. The predicted molar refractivity (Wildman–Crippen MR) is 149 cm³/mol. The lowest BCUT2D eigenvalue weighted by atomic mass is 9.76. The first-order chi connectivity index (χ1) is 19.1. The number of hydrogen-bond acceptors (Lipinski definition) is 7. The lowest BCUT2D eigenvalue weighted by molar-refractivity contribution is -0.146. The zero-order valence-corrected chi connectivity index (χ0v) is 24.6. The molecular formula is C27H33Cl2F5N6O2. The Balaban J connectivity index is 0.00000242. The molecule has 5 rings (SSSR count). The topological polar surface area (TPSA) is 87.0 Å². The molecule has 1 spiro atoms. The molecule has 232 valence electrons. The van der Waals surface area contributed by atoms with E-state index in [1.165, 1.54) is 18.3 Å². The molecule has 3 aromatic rings. The predicted octanol–water partition coefficient (Wildman–Crippen LogP) is 5.84. The monoisotopic (exact) mass is 638 g/mol. The minimum Gasteiger partial charge on any atom is -0.475 e. The summed E-state index contributed by atoms with van der Waals surface area (Å²) >= 11 is 0. The van der Waals surface area contributed by atoms with E-state index in [1.807, 2.05) is 13.8 Å². The first-order valence-corrected chi connectivity index (χ1v) is 13.3. The van der Waals surface area contributed by atoms with Crippen molar-refractivity contribution in [3.63, 3.8) is 0 Å². The second-order valence-corrected chi connectivity index (χ2v) is 10.7. The fourth-order valence-corrected chi connectivity index (χ4v) is 6.12. The average Bonchev–Trinajstić information content (AvgIpc) is 3.64. The molecule has 0 bridgehead atoms. The summed E-state index contributed by atoms with van der Waals surface area (Å²) < 4.78 is 80.3. The highest BCUT2D eigenvalue weighted by Crippen LogP contribution is 2.56. The number of rotatable bonds is 9. The van der Waals surface area contributed by atoms with Crippen LogP contribution in [-0.2, 0) is 10.9 Å². The zero-order valence-electron chi connectivity index (χ0n) is 23.0. The van der Waals surface area contributed by atoms with Gasteiger partial charge in [-0.15, -0.1) is 29.9 Å². The van der Waals surface area contributed by atoms with E-state index in [2.05, 4.69) is 25.8 Å². The summed E-state index contributed by atoms with van der Waals surface area (Å²) in [6.07, 6.45) is -1.63. The lowest BCUT2D eigenvalue weighted by Gasteiger charge is -2.34. The smallest absolute Gasteiger partial charge is 0.453 e. The number of halogens is 7. The summed E-state index contributed by atoms with van der Waals surface area (Å²) in [5, 5.41) is 13.1. The number of benzene rings is 1. The van der Waals surface area contributed by atoms with Crippen LogP contribution >= 0.6 is 24.8 Å². The van der Waals surface area contributed by atoms with Gasteiger partial charge in [-0.25, -0.2) is 13.8 Å². The highest BCUT2D eigenvalue weighted by atomic mass is 35.5. The first-order valence-electron chi connectivity index (χ1n) is 13.3. The Kier molecular flexibility index (Phi) is 11.1. The summed E-state index contributed by atoms with van der Waals surface area (Å²) in [6.45, 7) is 4.33. The third kappa shape index (κ3) is 6.95. The normalized spacial score (nSPS) is 23.7. The van der Waals surface area contributed by atoms with Crippen LogP contribution in [0.25, 0.3) is 5.69 Å². The van der Waals surface area contributed by atoms with Crippen molar-refractivity contribution in [2.45, 2.75) is 62.8 Å². The van der Waals surface area contributed by atoms with Crippen LogP contribution in [0.5, 0.6) is 5.88 Å². The van der Waals surface area contributed by atoms with E-state index >= 15 is 0 Å². The molecule has 1 saturated carbocycles. The third-order valence-electron chi connectivity index (χ3n) is 7.67. The molecule has 42 heavy (non-hydrogen) atoms. The molecule has 15 heteroatoms. The minimum atomic E-state index is -4.76. The van der Waals surface area contributed by atoms with Crippen LogP contribution in [-0.4, -0.2) is 63.3 Å². The number of pyridine rings is 1. The van der Waals surface area contributed by atoms with Crippen LogP contribution in [0.3, 0.4) is 0 Å². The minimum absolute atomic E-state index is 0. The molecule has 1 aliphatic carbocycles. The summed E-state index contributed by atoms with van der Waals surface area (Å²) in [6, 6.07) is 7.94. The van der Waals surface area contributed by atoms with Crippen molar-refractivity contribution in [3.05, 3.63) is 59.3 Å². The molecule has 4 unspecified atom stereocenters. The van der Waals surface area contributed by atoms with Crippen LogP contribution in [0, 0.1) is 11.7 Å². The molecule has 0 amide bonds. The summed E-state index contributed by atoms with van der Waals surface area (Å²) in [5.41, 5.74) is 0.991. The fourth-order valence-electron chi connectivity index (χ4n) is 6.12. The van der Waals surface area contributed by atoms with Crippen molar-refractivity contribution in [2.24, 2.45) is 5.92 Å². The summed E-state index contributed by atoms with van der Waals surface area (Å²) in [5.74, 6) is -1.50. The van der Waals surface area contributed by atoms with Crippen molar-refractivity contribution in [3.8, 4) is 11.6 Å². The van der Waals surface area contributed by atoms with Crippen LogP contribution in [0.4, 0.5) is 22.0 Å². The van der Waals surface area contributed by atoms with E-state index in [9.17, 15) is 22.0 Å². The molecule has 3 heterocycles. The van der Waals surface area contributed by atoms with Gasteiger partial charge in [0.05, 0.1) is 30.2 Å². The molecule has 4 atom stereocenters. The number of alkyl halides is 4. The van der Waals surface area contributed by atoms with E-state index in [1.54, 1.807) is 18.2 Å². The SMILES string of the molecule is CC(C)Oc1ncc(-n2nnnc2C(F)(F)F)cc1C1COC2(CCC(CNCCF)C2c2ccc(F)cc2)C1.Cl.Cl. The van der Waals surface area contributed by atoms with Gasteiger partial charge in [-0.3, -0.25) is 0 Å². The Morgan fingerprint density at radius 1 is 1.19 bits per heavy atom. The maximum atomic E-state index is 13.8. The molecule has 0 radical (unpaired) electrons. The standard InChI is InChI=1S/C27H31F5N6O2.2ClH/c1-16(2)40-24-22(11-21(14-34-24)38-25(27(30,31)32)35-36-37-38)19-12-26(39-15-19)8-7-18(13-33-10-9-28)23(26)17-3-5-20(29)6-4-17;;/h3-6,11,14,16,18-19,23,33H,7-10,12-13,15H2,1-2H3;2*1H. The van der Waals surface area contributed by atoms with Crippen molar-refractivity contribution in [1.29, 1.82) is 0 Å². The quantitative estimate of drug-likeness (QED) is 0.233. The Labute approximate surface area is 252 Å². The van der Waals surface area contributed by atoms with Crippen molar-refractivity contribution in [2.75, 3.05) is 26.4 Å². The largest absolute Gasteiger partial charge is 0.475 e. The van der Waals surface area contributed by atoms with Crippen molar-refractivity contribution >= 4 is 24.8 Å². The van der Waals surface area contributed by atoms with E-state index in [0.717, 1.165) is 18.4 Å². The molecule has 8 nitrogen and oxygen atoms in total. The summed E-state index contributed by atoms with van der Waals surface area (Å²) in [7, 11) is 0. The molecule has 2 aliphatic rings.